The normalized spacial score (nSPS) is 11.5. The molecule has 0 fully saturated rings. The first kappa shape index (κ1) is 33.0. The first-order valence-electron chi connectivity index (χ1n) is 13.9. The first-order chi connectivity index (χ1) is 20.2. The van der Waals surface area contributed by atoms with Crippen molar-refractivity contribution in [1.82, 2.24) is 14.9 Å². The highest BCUT2D eigenvalue weighted by atomic mass is 19.4. The highest BCUT2D eigenvalue weighted by Crippen LogP contribution is 2.33. The maximum Gasteiger partial charge on any atom is 0.416 e. The van der Waals surface area contributed by atoms with Crippen LogP contribution in [0.1, 0.15) is 79.2 Å². The van der Waals surface area contributed by atoms with E-state index in [0.29, 0.717) is 35.7 Å². The van der Waals surface area contributed by atoms with Crippen LogP contribution in [0.3, 0.4) is 0 Å². The van der Waals surface area contributed by atoms with Gasteiger partial charge in [0.15, 0.2) is 0 Å². The molecule has 1 heterocycles. The smallest absolute Gasteiger partial charge is 0.416 e. The number of anilines is 1. The summed E-state index contributed by atoms with van der Waals surface area (Å²) in [7, 11) is 0. The van der Waals surface area contributed by atoms with Crippen LogP contribution in [0, 0.1) is 26.2 Å². The van der Waals surface area contributed by atoms with E-state index in [2.05, 4.69) is 21.5 Å². The monoisotopic (exact) mass is 598 g/mol. The number of alkyl halides is 3. The number of hydrogen-bond acceptors (Lipinski definition) is 5. The van der Waals surface area contributed by atoms with Gasteiger partial charge in [-0.1, -0.05) is 18.8 Å². The lowest BCUT2D eigenvalue weighted by molar-refractivity contribution is -0.137. The van der Waals surface area contributed by atoms with E-state index in [-0.39, 0.29) is 16.9 Å². The van der Waals surface area contributed by atoms with Crippen molar-refractivity contribution in [2.75, 3.05) is 18.5 Å². The fraction of sp³-hybridized carbons (Fsp3) is 0.406. The number of terminal acetylenes is 1. The lowest BCUT2D eigenvalue weighted by Gasteiger charge is -2.19. The van der Waals surface area contributed by atoms with Gasteiger partial charge in [0.2, 0.25) is 0 Å². The van der Waals surface area contributed by atoms with Gasteiger partial charge in [-0.05, 0) is 83.4 Å². The zero-order chi connectivity index (χ0) is 31.8. The first-order valence-corrected chi connectivity index (χ1v) is 13.9. The second-order valence-corrected chi connectivity index (χ2v) is 11.1. The fourth-order valence-corrected chi connectivity index (χ4v) is 4.19. The Kier molecular flexibility index (Phi) is 10.9. The fourth-order valence-electron chi connectivity index (χ4n) is 4.19. The van der Waals surface area contributed by atoms with E-state index in [1.807, 2.05) is 0 Å². The van der Waals surface area contributed by atoms with Crippen molar-refractivity contribution in [2.24, 2.45) is 0 Å². The Morgan fingerprint density at radius 3 is 2.37 bits per heavy atom. The number of carbonyl (C=O) groups is 2. The molecule has 0 bridgehead atoms. The molecule has 11 heteroatoms. The van der Waals surface area contributed by atoms with Gasteiger partial charge >= 0.3 is 12.3 Å². The van der Waals surface area contributed by atoms with Crippen molar-refractivity contribution in [3.05, 3.63) is 70.8 Å². The summed E-state index contributed by atoms with van der Waals surface area (Å²) in [6.07, 6.45) is 6.83. The van der Waals surface area contributed by atoms with E-state index < -0.39 is 29.3 Å². The molecule has 0 aliphatic carbocycles. The molecule has 0 saturated carbocycles. The summed E-state index contributed by atoms with van der Waals surface area (Å²) in [6.45, 7) is 9.68. The van der Waals surface area contributed by atoms with Crippen LogP contribution in [0.4, 0.5) is 23.7 Å². The molecule has 3 rings (SSSR count). The van der Waals surface area contributed by atoms with Gasteiger partial charge in [0.25, 0.3) is 5.91 Å². The maximum absolute atomic E-state index is 13.7. The second kappa shape index (κ2) is 14.1. The Bertz CT molecular complexity index is 1480. The van der Waals surface area contributed by atoms with Crippen molar-refractivity contribution in [3.63, 3.8) is 0 Å². The summed E-state index contributed by atoms with van der Waals surface area (Å²) in [5, 5.41) is 5.31. The third-order valence-electron chi connectivity index (χ3n) is 6.30. The minimum absolute atomic E-state index is 0.0321. The van der Waals surface area contributed by atoms with Gasteiger partial charge < -0.3 is 24.7 Å². The Balaban J connectivity index is 1.63. The molecule has 43 heavy (non-hydrogen) atoms. The van der Waals surface area contributed by atoms with Crippen molar-refractivity contribution < 1.29 is 32.2 Å². The number of benzene rings is 2. The lowest BCUT2D eigenvalue weighted by Crippen LogP contribution is -2.32. The molecule has 8 nitrogen and oxygen atoms in total. The number of aromatic nitrogens is 2. The summed E-state index contributed by atoms with van der Waals surface area (Å²) < 4.78 is 53.5. The number of carbonyl (C=O) groups excluding carboxylic acids is 2. The molecule has 0 radical (unpaired) electrons. The number of nitrogens with one attached hydrogen (secondary N) is 2. The topological polar surface area (TPSA) is 94.5 Å². The van der Waals surface area contributed by atoms with Crippen LogP contribution in [0.5, 0.6) is 5.75 Å². The molecule has 0 aliphatic rings. The number of amides is 2. The molecule has 0 aliphatic heterocycles. The van der Waals surface area contributed by atoms with Crippen LogP contribution >= 0.6 is 0 Å². The molecule has 230 valence electrons. The summed E-state index contributed by atoms with van der Waals surface area (Å²) in [6, 6.07) is 6.50. The Morgan fingerprint density at radius 2 is 1.74 bits per heavy atom. The van der Waals surface area contributed by atoms with Gasteiger partial charge in [-0.3, -0.25) is 4.79 Å². The second-order valence-electron chi connectivity index (χ2n) is 11.1. The Labute approximate surface area is 250 Å². The molecule has 3 aromatic rings. The SMILES string of the molecule is C#Cc1cc(OCCCCCCNC(=O)OC(C)(C)C)cc(C(=O)Nc2cc(-n3cnc(C)c3)cc(C(F)(F)F)c2)c1C. The van der Waals surface area contributed by atoms with Crippen molar-refractivity contribution >= 4 is 17.7 Å². The molecule has 2 aromatic carbocycles. The molecule has 0 saturated heterocycles. The molecule has 0 atom stereocenters. The molecule has 1 aromatic heterocycles. The van der Waals surface area contributed by atoms with Crippen LogP contribution in [0.2, 0.25) is 0 Å². The number of hydrogen-bond donors (Lipinski definition) is 2. The number of ether oxygens (including phenoxy) is 2. The number of aryl methyl sites for hydroxylation is 1. The van der Waals surface area contributed by atoms with Gasteiger partial charge in [0.1, 0.15) is 11.4 Å². The summed E-state index contributed by atoms with van der Waals surface area (Å²) in [5.74, 6) is 2.30. The van der Waals surface area contributed by atoms with Crippen LogP contribution in [-0.4, -0.2) is 40.3 Å². The predicted molar refractivity (Wildman–Crippen MR) is 159 cm³/mol. The van der Waals surface area contributed by atoms with E-state index >= 15 is 0 Å². The minimum Gasteiger partial charge on any atom is -0.494 e. The van der Waals surface area contributed by atoms with Gasteiger partial charge in [-0.2, -0.15) is 13.2 Å². The number of nitrogens with zero attached hydrogens (tertiary/aromatic N) is 2. The maximum atomic E-state index is 13.7. The van der Waals surface area contributed by atoms with E-state index in [1.54, 1.807) is 46.9 Å². The van der Waals surface area contributed by atoms with Crippen LogP contribution in [0.25, 0.3) is 5.69 Å². The summed E-state index contributed by atoms with van der Waals surface area (Å²) >= 11 is 0. The quantitative estimate of drug-likeness (QED) is 0.180. The summed E-state index contributed by atoms with van der Waals surface area (Å²) in [4.78, 5) is 29.1. The average molecular weight is 599 g/mol. The van der Waals surface area contributed by atoms with Crippen molar-refractivity contribution in [2.45, 2.75) is 72.1 Å². The van der Waals surface area contributed by atoms with Crippen molar-refractivity contribution in [1.29, 1.82) is 0 Å². The van der Waals surface area contributed by atoms with Crippen LogP contribution in [-0.2, 0) is 10.9 Å². The van der Waals surface area contributed by atoms with Crippen molar-refractivity contribution in [3.8, 4) is 23.8 Å². The highest BCUT2D eigenvalue weighted by Gasteiger charge is 2.31. The van der Waals surface area contributed by atoms with Gasteiger partial charge in [0, 0.05) is 35.2 Å². The van der Waals surface area contributed by atoms with Gasteiger partial charge in [0.05, 0.1) is 24.2 Å². The van der Waals surface area contributed by atoms with Crippen LogP contribution in [0.15, 0.2) is 42.9 Å². The molecular formula is C32H37F3N4O4. The summed E-state index contributed by atoms with van der Waals surface area (Å²) in [5.41, 5.74) is 0.476. The number of alkyl carbamates (subject to hydrolysis) is 1. The predicted octanol–water partition coefficient (Wildman–Crippen LogP) is 7.21. The zero-order valence-electron chi connectivity index (χ0n) is 25.0. The molecule has 2 amide bonds. The average Bonchev–Trinajstić information content (AvgIpc) is 3.35. The number of halogens is 3. The number of unbranched alkanes of at least 4 members (excludes halogenated alkanes) is 3. The molecule has 2 N–H and O–H groups in total. The van der Waals surface area contributed by atoms with E-state index in [9.17, 15) is 22.8 Å². The van der Waals surface area contributed by atoms with E-state index in [1.165, 1.54) is 23.0 Å². The largest absolute Gasteiger partial charge is 0.494 e. The third kappa shape index (κ3) is 10.1. The van der Waals surface area contributed by atoms with E-state index in [4.69, 9.17) is 15.9 Å². The lowest BCUT2D eigenvalue weighted by atomic mass is 10.0. The Hall–Kier alpha value is -4.46. The van der Waals surface area contributed by atoms with E-state index in [0.717, 1.165) is 37.8 Å². The molecule has 0 spiro atoms. The highest BCUT2D eigenvalue weighted by molar-refractivity contribution is 6.06. The Morgan fingerprint density at radius 1 is 1.02 bits per heavy atom. The third-order valence-corrected chi connectivity index (χ3v) is 6.30. The minimum atomic E-state index is -4.62. The standard InChI is InChI=1S/C32H37F3N4O4/c1-7-23-14-27(42-13-11-9-8-10-12-36-30(41)43-31(4,5)6)18-28(22(23)3)29(40)38-25-15-24(32(33,34)35)16-26(17-25)39-19-21(2)37-20-39/h1,14-20H,8-13H2,2-6H3,(H,36,41)(H,38,40). The van der Waals surface area contributed by atoms with Gasteiger partial charge in [-0.25, -0.2) is 9.78 Å². The molecule has 0 unspecified atom stereocenters. The van der Waals surface area contributed by atoms with Crippen LogP contribution < -0.4 is 15.4 Å². The number of rotatable bonds is 11. The zero-order valence-corrected chi connectivity index (χ0v) is 25.0. The molecular weight excluding hydrogens is 561 g/mol. The number of imidazole rings is 1. The van der Waals surface area contributed by atoms with Gasteiger partial charge in [-0.15, -0.1) is 6.42 Å².